The summed E-state index contributed by atoms with van der Waals surface area (Å²) in [6, 6.07) is 17.8. The van der Waals surface area contributed by atoms with Gasteiger partial charge in [0.2, 0.25) is 11.8 Å². The van der Waals surface area contributed by atoms with E-state index in [1.54, 1.807) is 22.8 Å². The standard InChI is InChI=1S/C27H29N5O4S/c1-35-20-8-4-7-19(15-20)26(27(34)28-16-21-9-5-13-36-21)31(17-22-10-6-14-37-22)25(33)18-32-24-12-3-2-11-23(24)29-30-32/h2-4,6-8,10-12,14-15,21,26H,5,9,13,16-18H2,1H3,(H,28,34)/t21-,26+/m0/s1. The van der Waals surface area contributed by atoms with Crippen LogP contribution in [0.1, 0.15) is 29.3 Å². The van der Waals surface area contributed by atoms with Gasteiger partial charge in [-0.25, -0.2) is 4.68 Å². The summed E-state index contributed by atoms with van der Waals surface area (Å²) in [5.41, 5.74) is 2.13. The van der Waals surface area contributed by atoms with Gasteiger partial charge in [0.25, 0.3) is 0 Å². The molecule has 3 heterocycles. The van der Waals surface area contributed by atoms with Crippen LogP contribution in [0, 0.1) is 0 Å². The number of nitrogens with zero attached hydrogens (tertiary/aromatic N) is 4. The maximum atomic E-state index is 13.9. The van der Waals surface area contributed by atoms with Gasteiger partial charge in [-0.1, -0.05) is 35.5 Å². The van der Waals surface area contributed by atoms with Crippen molar-refractivity contribution in [3.05, 3.63) is 76.5 Å². The third kappa shape index (κ3) is 5.81. The highest BCUT2D eigenvalue weighted by atomic mass is 32.1. The van der Waals surface area contributed by atoms with Crippen molar-refractivity contribution in [3.8, 4) is 5.75 Å². The van der Waals surface area contributed by atoms with E-state index in [1.165, 1.54) is 11.3 Å². The van der Waals surface area contributed by atoms with Gasteiger partial charge in [-0.3, -0.25) is 9.59 Å². The highest BCUT2D eigenvalue weighted by Crippen LogP contribution is 2.28. The summed E-state index contributed by atoms with van der Waals surface area (Å²) in [5, 5.41) is 13.4. The van der Waals surface area contributed by atoms with Crippen LogP contribution in [-0.2, 0) is 27.4 Å². The lowest BCUT2D eigenvalue weighted by atomic mass is 10.0. The molecule has 37 heavy (non-hydrogen) atoms. The molecule has 192 valence electrons. The van der Waals surface area contributed by atoms with E-state index in [9.17, 15) is 9.59 Å². The van der Waals surface area contributed by atoms with Gasteiger partial charge < -0.3 is 19.7 Å². The first-order valence-electron chi connectivity index (χ1n) is 12.3. The number of aromatic nitrogens is 3. The van der Waals surface area contributed by atoms with Crippen molar-refractivity contribution < 1.29 is 19.1 Å². The summed E-state index contributed by atoms with van der Waals surface area (Å²) in [4.78, 5) is 30.3. The molecule has 2 amide bonds. The van der Waals surface area contributed by atoms with Crippen LogP contribution >= 0.6 is 11.3 Å². The van der Waals surface area contributed by atoms with Gasteiger partial charge in [0.05, 0.1) is 25.3 Å². The Morgan fingerprint density at radius 2 is 2.11 bits per heavy atom. The Labute approximate surface area is 219 Å². The van der Waals surface area contributed by atoms with Crippen molar-refractivity contribution in [2.75, 3.05) is 20.3 Å². The molecular formula is C27H29N5O4S. The van der Waals surface area contributed by atoms with E-state index < -0.39 is 6.04 Å². The summed E-state index contributed by atoms with van der Waals surface area (Å²) in [5.74, 6) is 0.0986. The van der Waals surface area contributed by atoms with Crippen LogP contribution in [0.4, 0.5) is 0 Å². The van der Waals surface area contributed by atoms with E-state index in [2.05, 4.69) is 15.6 Å². The van der Waals surface area contributed by atoms with Crippen LogP contribution in [0.3, 0.4) is 0 Å². The first-order valence-corrected chi connectivity index (χ1v) is 13.1. The summed E-state index contributed by atoms with van der Waals surface area (Å²) >= 11 is 1.54. The topological polar surface area (TPSA) is 98.6 Å². The van der Waals surface area contributed by atoms with Crippen molar-refractivity contribution in [1.29, 1.82) is 0 Å². The molecule has 0 radical (unpaired) electrons. The Kier molecular flexibility index (Phi) is 7.76. The normalized spacial score (nSPS) is 16.0. The lowest BCUT2D eigenvalue weighted by Gasteiger charge is -2.31. The number of methoxy groups -OCH3 is 1. The van der Waals surface area contributed by atoms with Crippen molar-refractivity contribution in [1.82, 2.24) is 25.2 Å². The smallest absolute Gasteiger partial charge is 0.247 e. The van der Waals surface area contributed by atoms with Crippen LogP contribution in [0.25, 0.3) is 11.0 Å². The SMILES string of the molecule is COc1cccc([C@H](C(=O)NC[C@@H]2CCCO2)N(Cc2cccs2)C(=O)Cn2nnc3ccccc32)c1. The second kappa shape index (κ2) is 11.5. The van der Waals surface area contributed by atoms with E-state index in [1.807, 2.05) is 60.0 Å². The Hall–Kier alpha value is -3.76. The summed E-state index contributed by atoms with van der Waals surface area (Å²) in [7, 11) is 1.58. The van der Waals surface area contributed by atoms with Crippen LogP contribution in [0.15, 0.2) is 66.0 Å². The second-order valence-corrected chi connectivity index (χ2v) is 9.93. The molecule has 2 atom stereocenters. The van der Waals surface area contributed by atoms with Gasteiger partial charge in [0.1, 0.15) is 23.9 Å². The summed E-state index contributed by atoms with van der Waals surface area (Å²) < 4.78 is 12.7. The number of nitrogens with one attached hydrogen (secondary N) is 1. The highest BCUT2D eigenvalue weighted by molar-refractivity contribution is 7.09. The van der Waals surface area contributed by atoms with E-state index in [0.717, 1.165) is 23.2 Å². The monoisotopic (exact) mass is 519 g/mol. The molecule has 0 saturated carbocycles. The average Bonchev–Trinajstić information content (AvgIpc) is 3.70. The number of hydrogen-bond donors (Lipinski definition) is 1. The third-order valence-electron chi connectivity index (χ3n) is 6.43. The maximum Gasteiger partial charge on any atom is 0.247 e. The van der Waals surface area contributed by atoms with E-state index in [-0.39, 0.29) is 31.0 Å². The van der Waals surface area contributed by atoms with Gasteiger partial charge in [-0.2, -0.15) is 0 Å². The van der Waals surface area contributed by atoms with Crippen molar-refractivity contribution in [2.24, 2.45) is 0 Å². The molecule has 1 aliphatic rings. The number of para-hydroxylation sites is 1. The number of hydrogen-bond acceptors (Lipinski definition) is 7. The zero-order valence-corrected chi connectivity index (χ0v) is 21.4. The fraction of sp³-hybridized carbons (Fsp3) is 0.333. The molecule has 0 aliphatic carbocycles. The van der Waals surface area contributed by atoms with Crippen LogP contribution < -0.4 is 10.1 Å². The molecule has 9 nitrogen and oxygen atoms in total. The third-order valence-corrected chi connectivity index (χ3v) is 7.29. The van der Waals surface area contributed by atoms with E-state index >= 15 is 0 Å². The summed E-state index contributed by atoms with van der Waals surface area (Å²) in [6.45, 7) is 1.33. The molecule has 2 aromatic carbocycles. The number of rotatable bonds is 10. The predicted octanol–water partition coefficient (Wildman–Crippen LogP) is 3.57. The average molecular weight is 520 g/mol. The first kappa shape index (κ1) is 24.9. The molecule has 1 aliphatic heterocycles. The lowest BCUT2D eigenvalue weighted by molar-refractivity contribution is -0.142. The lowest BCUT2D eigenvalue weighted by Crippen LogP contribution is -2.46. The molecule has 1 N–H and O–H groups in total. The van der Waals surface area contributed by atoms with E-state index in [4.69, 9.17) is 9.47 Å². The Bertz CT molecular complexity index is 1350. The predicted molar refractivity (Wildman–Crippen MR) is 140 cm³/mol. The molecule has 2 aromatic heterocycles. The van der Waals surface area contributed by atoms with Gasteiger partial charge >= 0.3 is 0 Å². The largest absolute Gasteiger partial charge is 0.497 e. The van der Waals surface area contributed by atoms with E-state index in [0.29, 0.717) is 30.0 Å². The fourth-order valence-electron chi connectivity index (χ4n) is 4.55. The minimum atomic E-state index is -0.874. The van der Waals surface area contributed by atoms with Gasteiger partial charge in [0.15, 0.2) is 0 Å². The van der Waals surface area contributed by atoms with Crippen LogP contribution in [-0.4, -0.2) is 58.1 Å². The second-order valence-electron chi connectivity index (χ2n) is 8.90. The van der Waals surface area contributed by atoms with Crippen molar-refractivity contribution in [2.45, 2.75) is 38.1 Å². The quantitative estimate of drug-likeness (QED) is 0.344. The number of amides is 2. The van der Waals surface area contributed by atoms with Crippen LogP contribution in [0.2, 0.25) is 0 Å². The van der Waals surface area contributed by atoms with Crippen molar-refractivity contribution >= 4 is 34.2 Å². The molecule has 10 heteroatoms. The van der Waals surface area contributed by atoms with Gasteiger partial charge in [0, 0.05) is 18.0 Å². The zero-order valence-electron chi connectivity index (χ0n) is 20.6. The number of carbonyl (C=O) groups is 2. The molecule has 0 bridgehead atoms. The van der Waals surface area contributed by atoms with Crippen molar-refractivity contribution in [3.63, 3.8) is 0 Å². The molecule has 5 rings (SSSR count). The first-order chi connectivity index (χ1) is 18.1. The zero-order chi connectivity index (χ0) is 25.6. The number of ether oxygens (including phenoxy) is 2. The number of fused-ring (bicyclic) bond motifs is 1. The molecule has 1 fully saturated rings. The number of thiophene rings is 1. The summed E-state index contributed by atoms with van der Waals surface area (Å²) in [6.07, 6.45) is 1.87. The maximum absolute atomic E-state index is 13.9. The highest BCUT2D eigenvalue weighted by Gasteiger charge is 2.33. The molecular weight excluding hydrogens is 490 g/mol. The Morgan fingerprint density at radius 1 is 1.22 bits per heavy atom. The molecule has 0 spiro atoms. The van der Waals surface area contributed by atoms with Gasteiger partial charge in [-0.05, 0) is 54.1 Å². The van der Waals surface area contributed by atoms with Gasteiger partial charge in [-0.15, -0.1) is 16.4 Å². The number of carbonyl (C=O) groups excluding carboxylic acids is 2. The number of benzene rings is 2. The molecule has 1 saturated heterocycles. The molecule has 4 aromatic rings. The minimum Gasteiger partial charge on any atom is -0.497 e. The molecule has 0 unspecified atom stereocenters. The Balaban J connectivity index is 1.49. The van der Waals surface area contributed by atoms with Crippen LogP contribution in [0.5, 0.6) is 5.75 Å². The fourth-order valence-corrected chi connectivity index (χ4v) is 5.25. The Morgan fingerprint density at radius 3 is 2.89 bits per heavy atom. The minimum absolute atomic E-state index is 0.0159.